The van der Waals surface area contributed by atoms with E-state index in [1.54, 1.807) is 20.8 Å². The molecule has 0 aromatic carbocycles. The lowest BCUT2D eigenvalue weighted by Gasteiger charge is -2.47. The minimum atomic E-state index is -1.16. The highest BCUT2D eigenvalue weighted by atomic mass is 32.2. The van der Waals surface area contributed by atoms with Gasteiger partial charge in [-0.25, -0.2) is 14.0 Å². The molecule has 226 valence electrons. The van der Waals surface area contributed by atoms with Gasteiger partial charge in [-0.2, -0.15) is 4.98 Å². The van der Waals surface area contributed by atoms with Crippen molar-refractivity contribution in [2.45, 2.75) is 103 Å². The van der Waals surface area contributed by atoms with E-state index in [4.69, 9.17) is 23.7 Å². The molecule has 0 spiro atoms. The second-order valence-corrected chi connectivity index (χ2v) is 11.9. The first-order chi connectivity index (χ1) is 19.0. The number of halogens is 1. The van der Waals surface area contributed by atoms with E-state index in [9.17, 15) is 18.8 Å². The van der Waals surface area contributed by atoms with Gasteiger partial charge in [0.05, 0.1) is 26.5 Å². The van der Waals surface area contributed by atoms with Crippen LogP contribution in [-0.2, 0) is 28.5 Å². The molecular weight excluding hydrogens is 545 g/mol. The Kier molecular flexibility index (Phi) is 11.8. The minimum absolute atomic E-state index is 0.0497. The van der Waals surface area contributed by atoms with Crippen LogP contribution in [0.5, 0.6) is 0 Å². The lowest BCUT2D eigenvalue weighted by atomic mass is 9.83. The predicted molar refractivity (Wildman–Crippen MR) is 147 cm³/mol. The quantitative estimate of drug-likeness (QED) is 0.249. The smallest absolute Gasteiger partial charge is 0.412 e. The van der Waals surface area contributed by atoms with E-state index in [0.717, 1.165) is 30.0 Å². The SMILES string of the molecule is CCCCCCCCCCOC(=O)Nc1nc(=O)n([C@H]2CS[C@@H](C3OC(C)(C)OCC3(C)C(=O)OC)O2)cc1F. The fraction of sp³-hybridized carbons (Fsp3) is 0.778. The average molecular weight is 588 g/mol. The van der Waals surface area contributed by atoms with E-state index in [1.807, 2.05) is 0 Å². The molecule has 3 heterocycles. The molecule has 2 aliphatic rings. The molecule has 2 saturated heterocycles. The van der Waals surface area contributed by atoms with E-state index in [1.165, 1.54) is 44.6 Å². The summed E-state index contributed by atoms with van der Waals surface area (Å²) < 4.78 is 43.7. The number of thioether (sulfide) groups is 1. The Hall–Kier alpha value is -2.22. The van der Waals surface area contributed by atoms with Crippen LogP contribution >= 0.6 is 11.8 Å². The molecule has 1 aromatic rings. The lowest BCUT2D eigenvalue weighted by Crippen LogP contribution is -2.59. The van der Waals surface area contributed by atoms with E-state index < -0.39 is 58.4 Å². The largest absolute Gasteiger partial charge is 0.468 e. The lowest BCUT2D eigenvalue weighted by molar-refractivity contribution is -0.323. The van der Waals surface area contributed by atoms with Gasteiger partial charge in [0.1, 0.15) is 23.2 Å². The molecule has 4 atom stereocenters. The number of hydrogen-bond acceptors (Lipinski definition) is 10. The molecule has 3 rings (SSSR count). The number of nitrogens with zero attached hydrogens (tertiary/aromatic N) is 2. The van der Waals surface area contributed by atoms with Gasteiger partial charge in [-0.1, -0.05) is 51.9 Å². The maximum absolute atomic E-state index is 14.8. The molecule has 11 nitrogen and oxygen atoms in total. The summed E-state index contributed by atoms with van der Waals surface area (Å²) in [6, 6.07) is 0. The summed E-state index contributed by atoms with van der Waals surface area (Å²) in [7, 11) is 1.28. The highest BCUT2D eigenvalue weighted by Gasteiger charge is 2.56. The zero-order valence-corrected chi connectivity index (χ0v) is 24.9. The molecule has 0 saturated carbocycles. The molecule has 13 heteroatoms. The van der Waals surface area contributed by atoms with Crippen molar-refractivity contribution in [1.82, 2.24) is 9.55 Å². The van der Waals surface area contributed by atoms with E-state index in [0.29, 0.717) is 6.42 Å². The van der Waals surface area contributed by atoms with Crippen molar-refractivity contribution in [3.05, 3.63) is 22.5 Å². The van der Waals surface area contributed by atoms with Crippen molar-refractivity contribution in [3.8, 4) is 0 Å². The fourth-order valence-corrected chi connectivity index (χ4v) is 5.96. The first kappa shape index (κ1) is 32.3. The Morgan fingerprint density at radius 1 is 1.18 bits per heavy atom. The zero-order valence-electron chi connectivity index (χ0n) is 24.0. The minimum Gasteiger partial charge on any atom is -0.468 e. The van der Waals surface area contributed by atoms with E-state index in [2.05, 4.69) is 17.2 Å². The van der Waals surface area contributed by atoms with Crippen molar-refractivity contribution < 1.29 is 37.7 Å². The summed E-state index contributed by atoms with van der Waals surface area (Å²) in [6.45, 7) is 7.55. The van der Waals surface area contributed by atoms with Crippen LogP contribution < -0.4 is 11.0 Å². The third-order valence-electron chi connectivity index (χ3n) is 7.02. The number of nitrogens with one attached hydrogen (secondary N) is 1. The van der Waals surface area contributed by atoms with Gasteiger partial charge in [-0.15, -0.1) is 11.8 Å². The topological polar surface area (TPSA) is 127 Å². The first-order valence-electron chi connectivity index (χ1n) is 13.9. The van der Waals surface area contributed by atoms with Crippen molar-refractivity contribution in [1.29, 1.82) is 0 Å². The second kappa shape index (κ2) is 14.6. The van der Waals surface area contributed by atoms with Gasteiger partial charge in [-0.05, 0) is 27.2 Å². The summed E-state index contributed by atoms with van der Waals surface area (Å²) in [5, 5.41) is 2.20. The summed E-state index contributed by atoms with van der Waals surface area (Å²) in [5.74, 6) is -2.64. The van der Waals surface area contributed by atoms with Gasteiger partial charge in [-0.3, -0.25) is 14.7 Å². The Morgan fingerprint density at radius 3 is 2.52 bits per heavy atom. The summed E-state index contributed by atoms with van der Waals surface area (Å²) in [6.07, 6.45) is 7.24. The number of hydrogen-bond donors (Lipinski definition) is 1. The molecule has 2 unspecified atom stereocenters. The zero-order chi connectivity index (χ0) is 29.3. The number of carbonyl (C=O) groups excluding carboxylic acids is 2. The van der Waals surface area contributed by atoms with Crippen LogP contribution in [0.4, 0.5) is 15.0 Å². The van der Waals surface area contributed by atoms with Crippen LogP contribution in [0.15, 0.2) is 11.0 Å². The molecule has 1 aromatic heterocycles. The molecule has 0 bridgehead atoms. The van der Waals surface area contributed by atoms with Crippen molar-refractivity contribution in [2.24, 2.45) is 5.41 Å². The molecule has 0 aliphatic carbocycles. The number of amides is 1. The van der Waals surface area contributed by atoms with Gasteiger partial charge in [0, 0.05) is 5.75 Å². The molecule has 1 N–H and O–H groups in total. The number of aromatic nitrogens is 2. The van der Waals surface area contributed by atoms with Crippen molar-refractivity contribution >= 4 is 29.6 Å². The molecule has 1 amide bonds. The Balaban J connectivity index is 1.54. The van der Waals surface area contributed by atoms with Crippen LogP contribution in [-0.4, -0.2) is 65.0 Å². The predicted octanol–water partition coefficient (Wildman–Crippen LogP) is 4.99. The van der Waals surface area contributed by atoms with Crippen LogP contribution in [0.2, 0.25) is 0 Å². The summed E-state index contributed by atoms with van der Waals surface area (Å²) in [5.41, 5.74) is -2.64. The monoisotopic (exact) mass is 587 g/mol. The van der Waals surface area contributed by atoms with Gasteiger partial charge in [0.15, 0.2) is 17.4 Å². The van der Waals surface area contributed by atoms with Crippen LogP contribution in [0.1, 0.15) is 85.3 Å². The fourth-order valence-electron chi connectivity index (χ4n) is 4.63. The summed E-state index contributed by atoms with van der Waals surface area (Å²) >= 11 is 1.32. The number of anilines is 1. The molecule has 2 aliphatic heterocycles. The second-order valence-electron chi connectivity index (χ2n) is 10.8. The molecule has 40 heavy (non-hydrogen) atoms. The molecule has 0 radical (unpaired) electrons. The highest BCUT2D eigenvalue weighted by molar-refractivity contribution is 8.00. The normalized spacial score (nSPS) is 25.9. The maximum atomic E-state index is 14.8. The van der Waals surface area contributed by atoms with E-state index >= 15 is 0 Å². The Labute approximate surface area is 238 Å². The van der Waals surface area contributed by atoms with Gasteiger partial charge in [0.25, 0.3) is 0 Å². The third kappa shape index (κ3) is 8.40. The van der Waals surface area contributed by atoms with Crippen molar-refractivity contribution in [2.75, 3.05) is 31.4 Å². The third-order valence-corrected chi connectivity index (χ3v) is 8.18. The molecule has 2 fully saturated rings. The number of unbranched alkanes of at least 4 members (excludes halogenated alkanes) is 7. The number of carbonyl (C=O) groups is 2. The molecular formula is C27H42FN3O8S. The standard InChI is InChI=1S/C27H42FN3O8S/c1-6-7-8-9-10-11-12-13-14-36-25(34)30-21-18(28)15-31(24(33)29-21)19-16-40-22(38-19)20-27(4,23(32)35-5)17-37-26(2,3)39-20/h15,19-20,22H,6-14,16-17H2,1-5H3,(H,29,30,33,34)/t19-,20?,22+,27?/m1/s1. The Morgan fingerprint density at radius 2 is 1.85 bits per heavy atom. The average Bonchev–Trinajstić information content (AvgIpc) is 3.40. The van der Waals surface area contributed by atoms with Crippen LogP contribution in [0, 0.1) is 11.2 Å². The van der Waals surface area contributed by atoms with Gasteiger partial charge < -0.3 is 23.7 Å². The first-order valence-corrected chi connectivity index (χ1v) is 15.0. The van der Waals surface area contributed by atoms with Crippen LogP contribution in [0.25, 0.3) is 0 Å². The van der Waals surface area contributed by atoms with Gasteiger partial charge in [0.2, 0.25) is 0 Å². The number of esters is 1. The number of rotatable bonds is 13. The van der Waals surface area contributed by atoms with Crippen LogP contribution in [0.3, 0.4) is 0 Å². The maximum Gasteiger partial charge on any atom is 0.412 e. The number of methoxy groups -OCH3 is 1. The van der Waals surface area contributed by atoms with E-state index in [-0.39, 0.29) is 19.0 Å². The van der Waals surface area contributed by atoms with Crippen molar-refractivity contribution in [3.63, 3.8) is 0 Å². The Bertz CT molecular complexity index is 1070. The summed E-state index contributed by atoms with van der Waals surface area (Å²) in [4.78, 5) is 41.1. The van der Waals surface area contributed by atoms with Gasteiger partial charge >= 0.3 is 17.8 Å². The highest BCUT2D eigenvalue weighted by Crippen LogP contribution is 2.45. The number of ether oxygens (including phenoxy) is 5.